The molecule has 0 aromatic rings. The van der Waals surface area contributed by atoms with Crippen molar-refractivity contribution in [3.8, 4) is 0 Å². The summed E-state index contributed by atoms with van der Waals surface area (Å²) >= 11 is 0. The molecule has 0 aliphatic heterocycles. The minimum atomic E-state index is -0.0152. The smallest absolute Gasteiger partial charge is 0.0542 e. The molecule has 0 heterocycles. The minimum absolute atomic E-state index is 0.0152. The number of aliphatic hydroxyl groups excluding tert-OH is 1. The quantitative estimate of drug-likeness (QED) is 0.619. The second-order valence-corrected chi connectivity index (χ2v) is 3.55. The van der Waals surface area contributed by atoms with Crippen LogP contribution in [0.1, 0.15) is 38.5 Å². The van der Waals surface area contributed by atoms with Crippen molar-refractivity contribution in [1.29, 1.82) is 0 Å². The van der Waals surface area contributed by atoms with Gasteiger partial charge in [0, 0.05) is 0 Å². The molecule has 2 unspecified atom stereocenters. The fourth-order valence-electron chi connectivity index (χ4n) is 1.88. The van der Waals surface area contributed by atoms with Gasteiger partial charge in [0.1, 0.15) is 0 Å². The highest BCUT2D eigenvalue weighted by atomic mass is 16.3. The first-order valence-corrected chi connectivity index (χ1v) is 4.62. The maximum Gasteiger partial charge on any atom is 0.0542 e. The van der Waals surface area contributed by atoms with Crippen LogP contribution in [0.25, 0.3) is 0 Å². The molecule has 0 saturated heterocycles. The summed E-state index contributed by atoms with van der Waals surface area (Å²) in [5, 5.41) is 9.35. The number of aliphatic hydroxyl groups is 1. The van der Waals surface area contributed by atoms with E-state index in [2.05, 4.69) is 6.58 Å². The van der Waals surface area contributed by atoms with Crippen molar-refractivity contribution >= 4 is 0 Å². The fourth-order valence-corrected chi connectivity index (χ4v) is 1.88. The molecule has 1 aliphatic carbocycles. The molecule has 1 heteroatoms. The number of hydrogen-bond donors (Lipinski definition) is 1. The van der Waals surface area contributed by atoms with Gasteiger partial charge in [0.15, 0.2) is 0 Å². The lowest BCUT2D eigenvalue weighted by Gasteiger charge is -2.25. The van der Waals surface area contributed by atoms with E-state index in [4.69, 9.17) is 0 Å². The van der Waals surface area contributed by atoms with Crippen LogP contribution in [0.4, 0.5) is 0 Å². The average Bonchev–Trinajstić information content (AvgIpc) is 2.01. The number of rotatable bonds is 3. The summed E-state index contributed by atoms with van der Waals surface area (Å²) in [6.45, 7) is 3.70. The Morgan fingerprint density at radius 2 is 2.27 bits per heavy atom. The van der Waals surface area contributed by atoms with Gasteiger partial charge in [-0.05, 0) is 31.6 Å². The van der Waals surface area contributed by atoms with Gasteiger partial charge in [-0.1, -0.05) is 18.9 Å². The highest BCUT2D eigenvalue weighted by Gasteiger charge is 2.18. The Bertz CT molecular complexity index is 120. The van der Waals surface area contributed by atoms with E-state index >= 15 is 0 Å². The van der Waals surface area contributed by atoms with Crippen LogP contribution in [0.3, 0.4) is 0 Å². The molecule has 0 radical (unpaired) electrons. The van der Waals surface area contributed by atoms with Crippen LogP contribution < -0.4 is 0 Å². The summed E-state index contributed by atoms with van der Waals surface area (Å²) in [5.74, 6) is 0.761. The molecular formula is C10H18O. The lowest BCUT2D eigenvalue weighted by atomic mass is 9.84. The minimum Gasteiger partial charge on any atom is -0.393 e. The van der Waals surface area contributed by atoms with Crippen molar-refractivity contribution in [1.82, 2.24) is 0 Å². The zero-order valence-corrected chi connectivity index (χ0v) is 7.13. The molecule has 0 bridgehead atoms. The maximum atomic E-state index is 9.35. The van der Waals surface area contributed by atoms with Crippen LogP contribution in [-0.4, -0.2) is 11.2 Å². The maximum absolute atomic E-state index is 9.35. The van der Waals surface area contributed by atoms with Gasteiger partial charge in [-0.3, -0.25) is 0 Å². The third-order valence-electron chi connectivity index (χ3n) is 2.53. The van der Waals surface area contributed by atoms with Crippen LogP contribution in [0.2, 0.25) is 0 Å². The van der Waals surface area contributed by atoms with Crippen molar-refractivity contribution in [2.75, 3.05) is 0 Å². The zero-order valence-electron chi connectivity index (χ0n) is 7.13. The summed E-state index contributed by atoms with van der Waals surface area (Å²) in [6, 6.07) is 0. The second-order valence-electron chi connectivity index (χ2n) is 3.55. The van der Waals surface area contributed by atoms with E-state index < -0.39 is 0 Å². The van der Waals surface area contributed by atoms with E-state index in [0.29, 0.717) is 0 Å². The Balaban J connectivity index is 2.17. The summed E-state index contributed by atoms with van der Waals surface area (Å²) in [7, 11) is 0. The van der Waals surface area contributed by atoms with Crippen LogP contribution in [0, 0.1) is 5.92 Å². The van der Waals surface area contributed by atoms with Crippen LogP contribution in [0.15, 0.2) is 12.7 Å². The van der Waals surface area contributed by atoms with Gasteiger partial charge in [0.05, 0.1) is 6.10 Å². The molecule has 1 N–H and O–H groups in total. The Kier molecular flexibility index (Phi) is 3.64. The third kappa shape index (κ3) is 3.06. The van der Waals surface area contributed by atoms with Crippen LogP contribution in [0.5, 0.6) is 0 Å². The predicted molar refractivity (Wildman–Crippen MR) is 47.4 cm³/mol. The van der Waals surface area contributed by atoms with Crippen molar-refractivity contribution in [2.24, 2.45) is 5.92 Å². The van der Waals surface area contributed by atoms with Gasteiger partial charge < -0.3 is 5.11 Å². The molecule has 0 spiro atoms. The van der Waals surface area contributed by atoms with Crippen molar-refractivity contribution in [2.45, 2.75) is 44.6 Å². The summed E-state index contributed by atoms with van der Waals surface area (Å²) in [6.07, 6.45) is 8.85. The van der Waals surface area contributed by atoms with E-state index in [1.54, 1.807) is 0 Å². The van der Waals surface area contributed by atoms with E-state index in [0.717, 1.165) is 25.2 Å². The van der Waals surface area contributed by atoms with Crippen molar-refractivity contribution < 1.29 is 5.11 Å². The van der Waals surface area contributed by atoms with Gasteiger partial charge in [0.25, 0.3) is 0 Å². The molecule has 1 saturated carbocycles. The average molecular weight is 154 g/mol. The first-order chi connectivity index (χ1) is 5.33. The molecular weight excluding hydrogens is 136 g/mol. The molecule has 2 atom stereocenters. The van der Waals surface area contributed by atoms with Crippen molar-refractivity contribution in [3.05, 3.63) is 12.7 Å². The summed E-state index contributed by atoms with van der Waals surface area (Å²) in [4.78, 5) is 0. The van der Waals surface area contributed by atoms with Gasteiger partial charge >= 0.3 is 0 Å². The Labute approximate surface area is 69.1 Å². The molecule has 64 valence electrons. The monoisotopic (exact) mass is 154 g/mol. The molecule has 1 aliphatic rings. The highest BCUT2D eigenvalue weighted by Crippen LogP contribution is 2.27. The lowest BCUT2D eigenvalue weighted by molar-refractivity contribution is 0.0986. The third-order valence-corrected chi connectivity index (χ3v) is 2.53. The van der Waals surface area contributed by atoms with Crippen LogP contribution >= 0.6 is 0 Å². The topological polar surface area (TPSA) is 20.2 Å². The largest absolute Gasteiger partial charge is 0.393 e. The standard InChI is InChI=1S/C10H18O/c1-2-3-5-9-6-4-7-10(11)8-9/h2,9-11H,1,3-8H2. The second kappa shape index (κ2) is 4.55. The van der Waals surface area contributed by atoms with Gasteiger partial charge in [0.2, 0.25) is 0 Å². The Morgan fingerprint density at radius 3 is 2.91 bits per heavy atom. The number of allylic oxidation sites excluding steroid dienone is 1. The molecule has 0 amide bonds. The van der Waals surface area contributed by atoms with Crippen molar-refractivity contribution in [3.63, 3.8) is 0 Å². The van der Waals surface area contributed by atoms with Gasteiger partial charge in [-0.2, -0.15) is 0 Å². The van der Waals surface area contributed by atoms with E-state index in [1.165, 1.54) is 19.3 Å². The highest BCUT2D eigenvalue weighted by molar-refractivity contribution is 4.75. The zero-order chi connectivity index (χ0) is 8.10. The first-order valence-electron chi connectivity index (χ1n) is 4.62. The van der Waals surface area contributed by atoms with E-state index in [-0.39, 0.29) is 6.10 Å². The molecule has 11 heavy (non-hydrogen) atoms. The molecule has 0 aromatic carbocycles. The molecule has 1 nitrogen and oxygen atoms in total. The number of hydrogen-bond acceptors (Lipinski definition) is 1. The molecule has 0 aromatic heterocycles. The first kappa shape index (κ1) is 8.79. The van der Waals surface area contributed by atoms with E-state index in [1.807, 2.05) is 6.08 Å². The van der Waals surface area contributed by atoms with E-state index in [9.17, 15) is 5.11 Å². The fraction of sp³-hybridized carbons (Fsp3) is 0.800. The lowest BCUT2D eigenvalue weighted by Crippen LogP contribution is -2.19. The Hall–Kier alpha value is -0.300. The van der Waals surface area contributed by atoms with Gasteiger partial charge in [-0.15, -0.1) is 6.58 Å². The van der Waals surface area contributed by atoms with Gasteiger partial charge in [-0.25, -0.2) is 0 Å². The summed E-state index contributed by atoms with van der Waals surface area (Å²) in [5.41, 5.74) is 0. The molecule has 1 fully saturated rings. The SMILES string of the molecule is C=CCCC1CCCC(O)C1. The Morgan fingerprint density at radius 1 is 1.45 bits per heavy atom. The molecule has 1 rings (SSSR count). The summed E-state index contributed by atoms with van der Waals surface area (Å²) < 4.78 is 0. The predicted octanol–water partition coefficient (Wildman–Crippen LogP) is 2.50. The normalized spacial score (nSPS) is 31.7. The van der Waals surface area contributed by atoms with Crippen LogP contribution in [-0.2, 0) is 0 Å².